The summed E-state index contributed by atoms with van der Waals surface area (Å²) in [6.07, 6.45) is 1.54. The van der Waals surface area contributed by atoms with Crippen molar-refractivity contribution in [2.45, 2.75) is 46.2 Å². The Hall–Kier alpha value is -2.58. The van der Waals surface area contributed by atoms with Gasteiger partial charge in [0.1, 0.15) is 6.04 Å². The molecule has 0 spiro atoms. The highest BCUT2D eigenvalue weighted by Crippen LogP contribution is 2.21. The topological polar surface area (TPSA) is 86.8 Å². The standard InChI is InChI=1S/C24H32ClN3O4S/c1-5-26-24(30)19(3)27(17-20-10-7-6-9-18(20)2)23(29)11-8-16-28(33(4,31)32)22-14-12-21(25)13-15-22/h6-7,9-10,12-15,19H,5,8,11,16-17H2,1-4H3,(H,26,30). The Morgan fingerprint density at radius 3 is 2.30 bits per heavy atom. The van der Waals surface area contributed by atoms with Crippen LogP contribution in [0.3, 0.4) is 0 Å². The van der Waals surface area contributed by atoms with Gasteiger partial charge >= 0.3 is 0 Å². The Labute approximate surface area is 201 Å². The fourth-order valence-corrected chi connectivity index (χ4v) is 4.58. The van der Waals surface area contributed by atoms with E-state index in [0.29, 0.717) is 30.2 Å². The maximum absolute atomic E-state index is 13.2. The number of benzene rings is 2. The van der Waals surface area contributed by atoms with E-state index in [1.807, 2.05) is 38.1 Å². The third kappa shape index (κ3) is 7.75. The van der Waals surface area contributed by atoms with Crippen LogP contribution in [0.15, 0.2) is 48.5 Å². The summed E-state index contributed by atoms with van der Waals surface area (Å²) in [5, 5.41) is 3.28. The number of anilines is 1. The number of rotatable bonds is 11. The molecule has 0 aliphatic carbocycles. The molecule has 0 aliphatic rings. The van der Waals surface area contributed by atoms with Crippen molar-refractivity contribution in [3.63, 3.8) is 0 Å². The molecular formula is C24H32ClN3O4S. The van der Waals surface area contributed by atoms with E-state index < -0.39 is 16.1 Å². The third-order valence-corrected chi connectivity index (χ3v) is 6.83. The summed E-state index contributed by atoms with van der Waals surface area (Å²) in [4.78, 5) is 27.2. The van der Waals surface area contributed by atoms with Gasteiger partial charge in [-0.2, -0.15) is 0 Å². The molecule has 0 aromatic heterocycles. The minimum atomic E-state index is -3.54. The van der Waals surface area contributed by atoms with Gasteiger partial charge in [-0.3, -0.25) is 13.9 Å². The highest BCUT2D eigenvalue weighted by Gasteiger charge is 2.26. The number of nitrogens with zero attached hydrogens (tertiary/aromatic N) is 2. The SMILES string of the molecule is CCNC(=O)C(C)N(Cc1ccccc1C)C(=O)CCCN(c1ccc(Cl)cc1)S(C)(=O)=O. The molecule has 1 N–H and O–H groups in total. The highest BCUT2D eigenvalue weighted by atomic mass is 35.5. The molecule has 1 unspecified atom stereocenters. The number of hydrogen-bond donors (Lipinski definition) is 1. The number of nitrogens with one attached hydrogen (secondary N) is 1. The molecule has 0 fully saturated rings. The molecule has 0 saturated heterocycles. The van der Waals surface area contributed by atoms with Crippen LogP contribution < -0.4 is 9.62 Å². The monoisotopic (exact) mass is 493 g/mol. The Kier molecular flexibility index (Phi) is 9.73. The molecule has 0 heterocycles. The van der Waals surface area contributed by atoms with Gasteiger partial charge in [-0.05, 0) is 62.6 Å². The summed E-state index contributed by atoms with van der Waals surface area (Å²) in [5.74, 6) is -0.431. The van der Waals surface area contributed by atoms with E-state index in [0.717, 1.165) is 17.4 Å². The summed E-state index contributed by atoms with van der Waals surface area (Å²) in [7, 11) is -3.54. The van der Waals surface area contributed by atoms with Gasteiger partial charge in [0.15, 0.2) is 0 Å². The molecule has 0 aliphatic heterocycles. The largest absolute Gasteiger partial charge is 0.355 e. The number of sulfonamides is 1. The zero-order valence-electron chi connectivity index (χ0n) is 19.5. The lowest BCUT2D eigenvalue weighted by Gasteiger charge is -2.30. The quantitative estimate of drug-likeness (QED) is 0.516. The molecule has 2 aromatic carbocycles. The van der Waals surface area contributed by atoms with Crippen LogP contribution in [0.5, 0.6) is 0 Å². The summed E-state index contributed by atoms with van der Waals surface area (Å²) >= 11 is 5.92. The average molecular weight is 494 g/mol. The highest BCUT2D eigenvalue weighted by molar-refractivity contribution is 7.92. The number of likely N-dealkylation sites (N-methyl/N-ethyl adjacent to an activating group) is 1. The fourth-order valence-electron chi connectivity index (χ4n) is 3.49. The van der Waals surface area contributed by atoms with Crippen LogP contribution >= 0.6 is 11.6 Å². The molecule has 0 saturated carbocycles. The van der Waals surface area contributed by atoms with Crippen LogP contribution in [0.4, 0.5) is 5.69 Å². The van der Waals surface area contributed by atoms with Crippen molar-refractivity contribution in [3.05, 3.63) is 64.7 Å². The summed E-state index contributed by atoms with van der Waals surface area (Å²) < 4.78 is 25.9. The first-order chi connectivity index (χ1) is 15.5. The van der Waals surface area contributed by atoms with Crippen LogP contribution in [0.2, 0.25) is 5.02 Å². The van der Waals surface area contributed by atoms with Crippen LogP contribution in [-0.2, 0) is 26.2 Å². The van der Waals surface area contributed by atoms with Crippen molar-refractivity contribution in [1.82, 2.24) is 10.2 Å². The summed E-state index contributed by atoms with van der Waals surface area (Å²) in [6, 6.07) is 13.6. The van der Waals surface area contributed by atoms with Crippen molar-refractivity contribution < 1.29 is 18.0 Å². The maximum Gasteiger partial charge on any atom is 0.242 e. The lowest BCUT2D eigenvalue weighted by Crippen LogP contribution is -2.47. The molecule has 180 valence electrons. The first-order valence-electron chi connectivity index (χ1n) is 10.9. The molecule has 2 rings (SSSR count). The van der Waals surface area contributed by atoms with Gasteiger partial charge in [0, 0.05) is 31.1 Å². The van der Waals surface area contributed by atoms with Gasteiger partial charge in [0.25, 0.3) is 0 Å². The minimum Gasteiger partial charge on any atom is -0.355 e. The molecule has 1 atom stereocenters. The van der Waals surface area contributed by atoms with Crippen molar-refractivity contribution in [2.75, 3.05) is 23.7 Å². The average Bonchev–Trinajstić information content (AvgIpc) is 2.75. The second kappa shape index (κ2) is 12.0. The molecule has 9 heteroatoms. The maximum atomic E-state index is 13.2. The normalized spacial score (nSPS) is 12.2. The van der Waals surface area contributed by atoms with Crippen LogP contribution in [0, 0.1) is 6.92 Å². The second-order valence-corrected chi connectivity index (χ2v) is 10.3. The smallest absolute Gasteiger partial charge is 0.242 e. The van der Waals surface area contributed by atoms with E-state index in [2.05, 4.69) is 5.32 Å². The first-order valence-corrected chi connectivity index (χ1v) is 13.1. The molecule has 2 aromatic rings. The number of carbonyl (C=O) groups excluding carboxylic acids is 2. The van der Waals surface area contributed by atoms with Gasteiger partial charge < -0.3 is 10.2 Å². The van der Waals surface area contributed by atoms with Crippen LogP contribution in [0.25, 0.3) is 0 Å². The molecule has 0 radical (unpaired) electrons. The number of hydrogen-bond acceptors (Lipinski definition) is 4. The Morgan fingerprint density at radius 1 is 1.09 bits per heavy atom. The fraction of sp³-hybridized carbons (Fsp3) is 0.417. The van der Waals surface area contributed by atoms with E-state index in [9.17, 15) is 18.0 Å². The predicted octanol–water partition coefficient (Wildman–Crippen LogP) is 3.75. The second-order valence-electron chi connectivity index (χ2n) is 7.93. The Balaban J connectivity index is 2.15. The minimum absolute atomic E-state index is 0.106. The van der Waals surface area contributed by atoms with Gasteiger partial charge in [0.05, 0.1) is 11.9 Å². The van der Waals surface area contributed by atoms with Gasteiger partial charge in [0.2, 0.25) is 21.8 Å². The van der Waals surface area contributed by atoms with Crippen molar-refractivity contribution in [3.8, 4) is 0 Å². The summed E-state index contributed by atoms with van der Waals surface area (Å²) in [5.41, 5.74) is 2.48. The van der Waals surface area contributed by atoms with Gasteiger partial charge in [-0.1, -0.05) is 35.9 Å². The number of carbonyl (C=O) groups is 2. The van der Waals surface area contributed by atoms with Crippen LogP contribution in [-0.4, -0.2) is 50.5 Å². The zero-order valence-corrected chi connectivity index (χ0v) is 21.1. The van der Waals surface area contributed by atoms with Crippen molar-refractivity contribution >= 4 is 39.1 Å². The predicted molar refractivity (Wildman–Crippen MR) is 133 cm³/mol. The number of halogens is 1. The summed E-state index contributed by atoms with van der Waals surface area (Å²) in [6.45, 7) is 6.41. The van der Waals surface area contributed by atoms with E-state index in [1.165, 1.54) is 4.31 Å². The lowest BCUT2D eigenvalue weighted by atomic mass is 10.1. The number of aryl methyl sites for hydroxylation is 1. The third-order valence-electron chi connectivity index (χ3n) is 5.39. The first kappa shape index (κ1) is 26.7. The van der Waals surface area contributed by atoms with E-state index in [4.69, 9.17) is 11.6 Å². The van der Waals surface area contributed by atoms with Gasteiger partial charge in [-0.15, -0.1) is 0 Å². The Bertz CT molecular complexity index is 1060. The van der Waals surface area contributed by atoms with E-state index >= 15 is 0 Å². The lowest BCUT2D eigenvalue weighted by molar-refractivity contribution is -0.140. The van der Waals surface area contributed by atoms with Crippen molar-refractivity contribution in [2.24, 2.45) is 0 Å². The molecule has 33 heavy (non-hydrogen) atoms. The van der Waals surface area contributed by atoms with Crippen LogP contribution in [0.1, 0.15) is 37.8 Å². The molecular weight excluding hydrogens is 462 g/mol. The number of amides is 2. The molecule has 2 amide bonds. The Morgan fingerprint density at radius 2 is 1.73 bits per heavy atom. The zero-order chi connectivity index (χ0) is 24.6. The molecule has 0 bridgehead atoms. The molecule has 7 nitrogen and oxygen atoms in total. The van der Waals surface area contributed by atoms with E-state index in [-0.39, 0.29) is 24.8 Å². The van der Waals surface area contributed by atoms with Crippen molar-refractivity contribution in [1.29, 1.82) is 0 Å². The van der Waals surface area contributed by atoms with E-state index in [1.54, 1.807) is 36.1 Å². The van der Waals surface area contributed by atoms with Gasteiger partial charge in [-0.25, -0.2) is 8.42 Å².